The molecule has 2 heterocycles. The molecule has 0 fully saturated rings. The number of nitrogens with one attached hydrogen (secondary N) is 1. The summed E-state index contributed by atoms with van der Waals surface area (Å²) >= 11 is 0. The van der Waals surface area contributed by atoms with Crippen molar-refractivity contribution in [2.45, 2.75) is 19.4 Å². The first-order chi connectivity index (χ1) is 6.81. The van der Waals surface area contributed by atoms with E-state index < -0.39 is 0 Å². The number of H-pyrrole nitrogens is 1. The summed E-state index contributed by atoms with van der Waals surface area (Å²) in [6.07, 6.45) is 1.47. The van der Waals surface area contributed by atoms with Crippen LogP contribution in [0.3, 0.4) is 0 Å². The number of ether oxygens (including phenoxy) is 1. The zero-order chi connectivity index (χ0) is 9.97. The monoisotopic (exact) mass is 195 g/mol. The molecule has 0 bridgehead atoms. The van der Waals surface area contributed by atoms with E-state index >= 15 is 0 Å². The Labute approximate surface area is 81.3 Å². The SMILES string of the molecule is NCCc1nc(=O)[nH]c2c1CCOC2. The van der Waals surface area contributed by atoms with Crippen LogP contribution in [0.2, 0.25) is 0 Å². The van der Waals surface area contributed by atoms with Gasteiger partial charge in [0, 0.05) is 6.42 Å². The van der Waals surface area contributed by atoms with E-state index in [1.54, 1.807) is 0 Å². The van der Waals surface area contributed by atoms with Crippen LogP contribution in [-0.2, 0) is 24.2 Å². The maximum atomic E-state index is 11.2. The molecule has 0 spiro atoms. The average Bonchev–Trinajstić information content (AvgIpc) is 2.18. The lowest BCUT2D eigenvalue weighted by Crippen LogP contribution is -2.24. The van der Waals surface area contributed by atoms with E-state index in [0.717, 1.165) is 23.4 Å². The molecule has 14 heavy (non-hydrogen) atoms. The number of nitrogens with two attached hydrogens (primary N) is 1. The number of fused-ring (bicyclic) bond motifs is 1. The molecule has 1 aliphatic rings. The topological polar surface area (TPSA) is 81.0 Å². The van der Waals surface area contributed by atoms with Gasteiger partial charge in [0.2, 0.25) is 0 Å². The number of nitrogens with zero attached hydrogens (tertiary/aromatic N) is 1. The van der Waals surface area contributed by atoms with E-state index in [0.29, 0.717) is 26.2 Å². The summed E-state index contributed by atoms with van der Waals surface area (Å²) < 4.78 is 5.25. The van der Waals surface area contributed by atoms with Crippen molar-refractivity contribution in [1.29, 1.82) is 0 Å². The highest BCUT2D eigenvalue weighted by Gasteiger charge is 2.15. The fraction of sp³-hybridized carbons (Fsp3) is 0.556. The van der Waals surface area contributed by atoms with Crippen molar-refractivity contribution < 1.29 is 4.74 Å². The Morgan fingerprint density at radius 1 is 1.57 bits per heavy atom. The third-order valence-corrected chi connectivity index (χ3v) is 2.33. The highest BCUT2D eigenvalue weighted by atomic mass is 16.5. The summed E-state index contributed by atoms with van der Waals surface area (Å²) in [6.45, 7) is 1.69. The second-order valence-corrected chi connectivity index (χ2v) is 3.29. The van der Waals surface area contributed by atoms with Crippen molar-refractivity contribution >= 4 is 0 Å². The van der Waals surface area contributed by atoms with E-state index in [4.69, 9.17) is 10.5 Å². The first-order valence-corrected chi connectivity index (χ1v) is 4.70. The molecule has 0 saturated heterocycles. The van der Waals surface area contributed by atoms with E-state index in [1.807, 2.05) is 0 Å². The number of hydrogen-bond acceptors (Lipinski definition) is 4. The fourth-order valence-electron chi connectivity index (χ4n) is 1.71. The van der Waals surface area contributed by atoms with Crippen LogP contribution in [0, 0.1) is 0 Å². The van der Waals surface area contributed by atoms with Crippen molar-refractivity contribution in [2.24, 2.45) is 5.73 Å². The molecule has 0 aliphatic carbocycles. The zero-order valence-corrected chi connectivity index (χ0v) is 7.88. The summed E-state index contributed by atoms with van der Waals surface area (Å²) in [6, 6.07) is 0. The van der Waals surface area contributed by atoms with Gasteiger partial charge in [-0.05, 0) is 18.5 Å². The Balaban J connectivity index is 2.47. The van der Waals surface area contributed by atoms with Crippen molar-refractivity contribution in [3.63, 3.8) is 0 Å². The Bertz CT molecular complexity index is 386. The lowest BCUT2D eigenvalue weighted by Gasteiger charge is -2.17. The van der Waals surface area contributed by atoms with E-state index in [9.17, 15) is 4.79 Å². The van der Waals surface area contributed by atoms with Gasteiger partial charge in [-0.1, -0.05) is 0 Å². The molecule has 0 radical (unpaired) electrons. The lowest BCUT2D eigenvalue weighted by molar-refractivity contribution is 0.106. The predicted octanol–water partition coefficient (Wildman–Crippen LogP) is -0.656. The first kappa shape index (κ1) is 9.36. The molecule has 1 aliphatic heterocycles. The molecule has 0 saturated carbocycles. The third-order valence-electron chi connectivity index (χ3n) is 2.33. The van der Waals surface area contributed by atoms with Gasteiger partial charge < -0.3 is 15.5 Å². The van der Waals surface area contributed by atoms with Crippen molar-refractivity contribution in [3.05, 3.63) is 27.4 Å². The van der Waals surface area contributed by atoms with Crippen LogP contribution in [0.15, 0.2) is 4.79 Å². The predicted molar refractivity (Wildman–Crippen MR) is 51.0 cm³/mol. The minimum absolute atomic E-state index is 0.308. The molecule has 0 aromatic carbocycles. The second kappa shape index (κ2) is 3.89. The molecule has 2 rings (SSSR count). The molecule has 1 aromatic rings. The Hall–Kier alpha value is -1.20. The van der Waals surface area contributed by atoms with Gasteiger partial charge in [0.25, 0.3) is 0 Å². The molecule has 0 unspecified atom stereocenters. The van der Waals surface area contributed by atoms with Gasteiger partial charge in [-0.3, -0.25) is 0 Å². The Morgan fingerprint density at radius 3 is 3.21 bits per heavy atom. The lowest BCUT2D eigenvalue weighted by atomic mass is 10.0. The average molecular weight is 195 g/mol. The van der Waals surface area contributed by atoms with E-state index in [1.165, 1.54) is 0 Å². The van der Waals surface area contributed by atoms with Gasteiger partial charge in [-0.15, -0.1) is 0 Å². The molecule has 5 heteroatoms. The molecular formula is C9H13N3O2. The highest BCUT2D eigenvalue weighted by Crippen LogP contribution is 2.15. The summed E-state index contributed by atoms with van der Waals surface area (Å²) in [5, 5.41) is 0. The van der Waals surface area contributed by atoms with Gasteiger partial charge >= 0.3 is 5.69 Å². The maximum Gasteiger partial charge on any atom is 0.345 e. The van der Waals surface area contributed by atoms with Crippen LogP contribution in [0.1, 0.15) is 17.0 Å². The van der Waals surface area contributed by atoms with E-state index in [2.05, 4.69) is 9.97 Å². The van der Waals surface area contributed by atoms with Crippen LogP contribution in [0.5, 0.6) is 0 Å². The normalized spacial score (nSPS) is 15.2. The summed E-state index contributed by atoms with van der Waals surface area (Å²) in [5.74, 6) is 0. The molecule has 0 atom stereocenters. The van der Waals surface area contributed by atoms with Crippen molar-refractivity contribution in [3.8, 4) is 0 Å². The fourth-order valence-corrected chi connectivity index (χ4v) is 1.71. The molecule has 1 aromatic heterocycles. The molecule has 3 N–H and O–H groups in total. The molecule has 5 nitrogen and oxygen atoms in total. The highest BCUT2D eigenvalue weighted by molar-refractivity contribution is 5.26. The van der Waals surface area contributed by atoms with Crippen molar-refractivity contribution in [2.75, 3.05) is 13.2 Å². The quantitative estimate of drug-likeness (QED) is 0.656. The van der Waals surface area contributed by atoms with Crippen molar-refractivity contribution in [1.82, 2.24) is 9.97 Å². The first-order valence-electron chi connectivity index (χ1n) is 4.70. The molecule has 76 valence electrons. The van der Waals surface area contributed by atoms with Gasteiger partial charge in [-0.25, -0.2) is 4.79 Å². The van der Waals surface area contributed by atoms with Crippen LogP contribution < -0.4 is 11.4 Å². The van der Waals surface area contributed by atoms with Gasteiger partial charge in [-0.2, -0.15) is 4.98 Å². The summed E-state index contributed by atoms with van der Waals surface area (Å²) in [7, 11) is 0. The molecular weight excluding hydrogens is 182 g/mol. The van der Waals surface area contributed by atoms with E-state index in [-0.39, 0.29) is 5.69 Å². The van der Waals surface area contributed by atoms with Gasteiger partial charge in [0.1, 0.15) is 0 Å². The number of hydrogen-bond donors (Lipinski definition) is 2. The van der Waals surface area contributed by atoms with Crippen LogP contribution in [-0.4, -0.2) is 23.1 Å². The second-order valence-electron chi connectivity index (χ2n) is 3.29. The largest absolute Gasteiger partial charge is 0.375 e. The van der Waals surface area contributed by atoms with Crippen LogP contribution >= 0.6 is 0 Å². The third kappa shape index (κ3) is 1.69. The summed E-state index contributed by atoms with van der Waals surface area (Å²) in [4.78, 5) is 17.8. The van der Waals surface area contributed by atoms with Gasteiger partial charge in [0.15, 0.2) is 0 Å². The smallest absolute Gasteiger partial charge is 0.345 e. The zero-order valence-electron chi connectivity index (χ0n) is 7.88. The molecule has 0 amide bonds. The Morgan fingerprint density at radius 2 is 2.43 bits per heavy atom. The van der Waals surface area contributed by atoms with Gasteiger partial charge in [0.05, 0.1) is 24.6 Å². The standard InChI is InChI=1S/C9H13N3O2/c10-3-1-7-6-2-4-14-5-8(6)12-9(13)11-7/h1-5,10H2,(H,11,12,13). The Kier molecular flexibility index (Phi) is 2.60. The minimum Gasteiger partial charge on any atom is -0.375 e. The van der Waals surface area contributed by atoms with Crippen LogP contribution in [0.4, 0.5) is 0 Å². The maximum absolute atomic E-state index is 11.2. The number of aromatic nitrogens is 2. The van der Waals surface area contributed by atoms with Crippen LogP contribution in [0.25, 0.3) is 0 Å². The number of aromatic amines is 1. The minimum atomic E-state index is -0.308. The number of rotatable bonds is 2. The summed E-state index contributed by atoms with van der Waals surface area (Å²) in [5.41, 5.74) is 7.95.